The molecule has 3 heterocycles. The van der Waals surface area contributed by atoms with Gasteiger partial charge in [0.05, 0.1) is 18.5 Å². The number of nitrogens with zero attached hydrogens (tertiary/aromatic N) is 4. The SMILES string of the molecule is CC1(CN2C(=O)C(C)(C)c3ccccc32)Cn2cc([N+](=O)[O-])nc2O1. The van der Waals surface area contributed by atoms with Crippen molar-refractivity contribution in [2.75, 3.05) is 11.4 Å². The van der Waals surface area contributed by atoms with Crippen LogP contribution >= 0.6 is 0 Å². The van der Waals surface area contributed by atoms with Crippen LogP contribution in [-0.2, 0) is 16.8 Å². The molecule has 4 rings (SSSR count). The molecule has 2 aromatic rings. The Morgan fingerprint density at radius 3 is 2.72 bits per heavy atom. The van der Waals surface area contributed by atoms with Gasteiger partial charge in [-0.1, -0.05) is 18.2 Å². The Morgan fingerprint density at radius 2 is 2.04 bits per heavy atom. The highest BCUT2D eigenvalue weighted by molar-refractivity contribution is 6.07. The maximum absolute atomic E-state index is 12.9. The monoisotopic (exact) mass is 342 g/mol. The van der Waals surface area contributed by atoms with Crippen LogP contribution in [0.5, 0.6) is 6.01 Å². The van der Waals surface area contributed by atoms with Gasteiger partial charge in [-0.05, 0) is 37.3 Å². The summed E-state index contributed by atoms with van der Waals surface area (Å²) in [4.78, 5) is 28.8. The summed E-state index contributed by atoms with van der Waals surface area (Å²) >= 11 is 0. The summed E-state index contributed by atoms with van der Waals surface area (Å²) in [5, 5.41) is 10.8. The van der Waals surface area contributed by atoms with Crippen molar-refractivity contribution >= 4 is 17.4 Å². The number of para-hydroxylation sites is 1. The number of carbonyl (C=O) groups is 1. The quantitative estimate of drug-likeness (QED) is 0.630. The van der Waals surface area contributed by atoms with Crippen molar-refractivity contribution in [2.45, 2.75) is 38.3 Å². The van der Waals surface area contributed by atoms with E-state index in [0.717, 1.165) is 11.3 Å². The number of anilines is 1. The first-order chi connectivity index (χ1) is 11.7. The fourth-order valence-electron chi connectivity index (χ4n) is 3.65. The average Bonchev–Trinajstić information content (AvgIpc) is 3.12. The van der Waals surface area contributed by atoms with E-state index in [4.69, 9.17) is 4.74 Å². The van der Waals surface area contributed by atoms with Crippen LogP contribution in [0.25, 0.3) is 0 Å². The molecular weight excluding hydrogens is 324 g/mol. The first kappa shape index (κ1) is 15.6. The Balaban J connectivity index is 1.62. The minimum atomic E-state index is -0.694. The van der Waals surface area contributed by atoms with E-state index in [1.807, 2.05) is 45.0 Å². The number of nitro groups is 1. The minimum absolute atomic E-state index is 0.0223. The molecule has 1 unspecified atom stereocenters. The van der Waals surface area contributed by atoms with Crippen LogP contribution in [-0.4, -0.2) is 32.5 Å². The molecule has 8 nitrogen and oxygen atoms in total. The van der Waals surface area contributed by atoms with E-state index in [2.05, 4.69) is 4.98 Å². The Morgan fingerprint density at radius 1 is 1.32 bits per heavy atom. The van der Waals surface area contributed by atoms with E-state index >= 15 is 0 Å². The average molecular weight is 342 g/mol. The molecular formula is C17H18N4O4. The lowest BCUT2D eigenvalue weighted by Gasteiger charge is -2.29. The summed E-state index contributed by atoms with van der Waals surface area (Å²) in [6.07, 6.45) is 1.37. The number of aromatic nitrogens is 2. The maximum Gasteiger partial charge on any atom is 0.415 e. The number of ether oxygens (including phenoxy) is 1. The highest BCUT2D eigenvalue weighted by Crippen LogP contribution is 2.43. The van der Waals surface area contributed by atoms with Gasteiger partial charge in [-0.3, -0.25) is 9.36 Å². The number of carbonyl (C=O) groups excluding carboxylic acids is 1. The summed E-state index contributed by atoms with van der Waals surface area (Å²) in [5.74, 6) is -0.213. The van der Waals surface area contributed by atoms with Gasteiger partial charge in [-0.15, -0.1) is 0 Å². The highest BCUT2D eigenvalue weighted by atomic mass is 16.6. The number of hydrogen-bond donors (Lipinski definition) is 0. The third-order valence-electron chi connectivity index (χ3n) is 4.90. The Kier molecular flexibility index (Phi) is 3.00. The number of rotatable bonds is 3. The van der Waals surface area contributed by atoms with Crippen LogP contribution in [0.3, 0.4) is 0 Å². The van der Waals surface area contributed by atoms with Crippen molar-refractivity contribution in [1.29, 1.82) is 0 Å². The van der Waals surface area contributed by atoms with Gasteiger partial charge in [0.25, 0.3) is 0 Å². The molecule has 25 heavy (non-hydrogen) atoms. The third-order valence-corrected chi connectivity index (χ3v) is 4.90. The highest BCUT2D eigenvalue weighted by Gasteiger charge is 2.49. The van der Waals surface area contributed by atoms with E-state index in [1.54, 1.807) is 9.47 Å². The zero-order valence-electron chi connectivity index (χ0n) is 14.2. The number of amides is 1. The maximum atomic E-state index is 12.9. The normalized spacial score (nSPS) is 23.3. The molecule has 0 spiro atoms. The number of imidazole rings is 1. The van der Waals surface area contributed by atoms with Crippen LogP contribution in [0, 0.1) is 10.1 Å². The molecule has 1 amide bonds. The van der Waals surface area contributed by atoms with Gasteiger partial charge >= 0.3 is 11.8 Å². The van der Waals surface area contributed by atoms with Crippen LogP contribution in [0.1, 0.15) is 26.3 Å². The smallest absolute Gasteiger partial charge is 0.415 e. The van der Waals surface area contributed by atoms with E-state index in [0.29, 0.717) is 13.1 Å². The summed E-state index contributed by atoms with van der Waals surface area (Å²) in [6, 6.07) is 7.96. The first-order valence-electron chi connectivity index (χ1n) is 8.03. The molecule has 0 saturated carbocycles. The van der Waals surface area contributed by atoms with Crippen molar-refractivity contribution < 1.29 is 14.5 Å². The molecule has 2 aliphatic heterocycles. The van der Waals surface area contributed by atoms with Gasteiger partial charge in [0.15, 0.2) is 0 Å². The van der Waals surface area contributed by atoms with Crippen molar-refractivity contribution in [3.8, 4) is 6.01 Å². The zero-order chi connectivity index (χ0) is 18.0. The summed E-state index contributed by atoms with van der Waals surface area (Å²) < 4.78 is 7.49. The first-order valence-corrected chi connectivity index (χ1v) is 8.03. The van der Waals surface area contributed by atoms with Gasteiger partial charge in [0.1, 0.15) is 11.8 Å². The fraction of sp³-hybridized carbons (Fsp3) is 0.412. The van der Waals surface area contributed by atoms with Crippen molar-refractivity contribution in [3.63, 3.8) is 0 Å². The Hall–Kier alpha value is -2.90. The standard InChI is InChI=1S/C17H18N4O4/c1-16(2)11-6-4-5-7-12(11)20(14(16)22)10-17(3)9-19-8-13(21(23)24)18-15(19)25-17/h4-8H,9-10H2,1-3H3. The lowest BCUT2D eigenvalue weighted by molar-refractivity contribution is -0.389. The summed E-state index contributed by atoms with van der Waals surface area (Å²) in [7, 11) is 0. The van der Waals surface area contributed by atoms with E-state index in [9.17, 15) is 14.9 Å². The Bertz CT molecular complexity index is 878. The molecule has 0 radical (unpaired) electrons. The second-order valence-electron chi connectivity index (χ2n) is 7.35. The molecule has 1 aromatic carbocycles. The van der Waals surface area contributed by atoms with Crippen LogP contribution < -0.4 is 9.64 Å². The number of benzene rings is 1. The van der Waals surface area contributed by atoms with Gasteiger partial charge < -0.3 is 19.8 Å². The van der Waals surface area contributed by atoms with Gasteiger partial charge in [0, 0.05) is 10.7 Å². The molecule has 0 aliphatic carbocycles. The third kappa shape index (κ3) is 2.20. The summed E-state index contributed by atoms with van der Waals surface area (Å²) in [6.45, 7) is 6.47. The molecule has 0 bridgehead atoms. The van der Waals surface area contributed by atoms with Gasteiger partial charge in [0.2, 0.25) is 5.91 Å². The molecule has 1 atom stereocenters. The molecule has 0 fully saturated rings. The largest absolute Gasteiger partial charge is 0.436 e. The zero-order valence-corrected chi connectivity index (χ0v) is 14.2. The van der Waals surface area contributed by atoms with E-state index < -0.39 is 15.9 Å². The van der Waals surface area contributed by atoms with Crippen LogP contribution in [0.2, 0.25) is 0 Å². The van der Waals surface area contributed by atoms with E-state index in [-0.39, 0.29) is 17.7 Å². The van der Waals surface area contributed by atoms with Crippen molar-refractivity contribution in [3.05, 3.63) is 46.1 Å². The predicted molar refractivity (Wildman–Crippen MR) is 89.7 cm³/mol. The van der Waals surface area contributed by atoms with Crippen LogP contribution in [0.15, 0.2) is 30.5 Å². The second-order valence-corrected chi connectivity index (χ2v) is 7.35. The molecule has 0 N–H and O–H groups in total. The molecule has 1 aromatic heterocycles. The fourth-order valence-corrected chi connectivity index (χ4v) is 3.65. The number of hydrogen-bond acceptors (Lipinski definition) is 5. The lowest BCUT2D eigenvalue weighted by Crippen LogP contribution is -2.48. The van der Waals surface area contributed by atoms with Crippen molar-refractivity contribution in [2.24, 2.45) is 0 Å². The molecule has 2 aliphatic rings. The van der Waals surface area contributed by atoms with Crippen molar-refractivity contribution in [1.82, 2.24) is 9.55 Å². The van der Waals surface area contributed by atoms with Crippen LogP contribution in [0.4, 0.5) is 11.5 Å². The van der Waals surface area contributed by atoms with E-state index in [1.165, 1.54) is 6.20 Å². The molecule has 8 heteroatoms. The lowest BCUT2D eigenvalue weighted by atomic mass is 9.86. The Labute approximate surface area is 144 Å². The second kappa shape index (κ2) is 4.81. The van der Waals surface area contributed by atoms with Gasteiger partial charge in [-0.25, -0.2) is 0 Å². The molecule has 0 saturated heterocycles. The number of fused-ring (bicyclic) bond motifs is 2. The van der Waals surface area contributed by atoms with Gasteiger partial charge in [-0.2, -0.15) is 0 Å². The summed E-state index contributed by atoms with van der Waals surface area (Å²) in [5.41, 5.74) is 0.603. The topological polar surface area (TPSA) is 90.5 Å². The molecule has 130 valence electrons. The predicted octanol–water partition coefficient (Wildman–Crippen LogP) is 2.27. The minimum Gasteiger partial charge on any atom is -0.436 e.